The van der Waals surface area contributed by atoms with E-state index in [2.05, 4.69) is 38.1 Å². The summed E-state index contributed by atoms with van der Waals surface area (Å²) in [6.07, 6.45) is 0. The second-order valence-electron chi connectivity index (χ2n) is 5.19. The second-order valence-corrected chi connectivity index (χ2v) is 5.19. The van der Waals surface area contributed by atoms with Crippen LogP contribution in [0.15, 0.2) is 52.9 Å². The first kappa shape index (κ1) is 12.5. The van der Waals surface area contributed by atoms with Crippen molar-refractivity contribution < 1.29 is 4.42 Å². The van der Waals surface area contributed by atoms with Gasteiger partial charge in [0.25, 0.3) is 0 Å². The quantitative estimate of drug-likeness (QED) is 0.644. The zero-order valence-corrected chi connectivity index (χ0v) is 11.6. The molecule has 2 aromatic carbocycles. The van der Waals surface area contributed by atoms with Gasteiger partial charge in [-0.05, 0) is 29.2 Å². The number of benzene rings is 2. The van der Waals surface area contributed by atoms with Crippen molar-refractivity contribution in [1.82, 2.24) is 0 Å². The van der Waals surface area contributed by atoms with Crippen LogP contribution in [0.5, 0.6) is 0 Å². The zero-order chi connectivity index (χ0) is 14.1. The summed E-state index contributed by atoms with van der Waals surface area (Å²) in [6, 6.07) is 18.5. The summed E-state index contributed by atoms with van der Waals surface area (Å²) in [5.74, 6) is 0.692. The Morgan fingerprint density at radius 2 is 1.75 bits per heavy atom. The third-order valence-electron chi connectivity index (χ3n) is 3.51. The molecule has 1 aromatic heterocycles. The molecule has 0 unspecified atom stereocenters. The maximum Gasteiger partial charge on any atom is 0.208 e. The smallest absolute Gasteiger partial charge is 0.208 e. The van der Waals surface area contributed by atoms with Crippen LogP contribution in [0.1, 0.15) is 31.1 Å². The molecule has 0 bridgehead atoms. The molecule has 0 fully saturated rings. The minimum Gasteiger partial charge on any atom is -0.445 e. The molecule has 3 aromatic rings. The lowest BCUT2D eigenvalue weighted by molar-refractivity contribution is 0.589. The highest BCUT2D eigenvalue weighted by Crippen LogP contribution is 2.34. The van der Waals surface area contributed by atoms with E-state index < -0.39 is 0 Å². The molecular weight excluding hydrogens is 246 g/mol. The average Bonchev–Trinajstić information content (AvgIpc) is 2.85. The Morgan fingerprint density at radius 3 is 2.40 bits per heavy atom. The monoisotopic (exact) mass is 261 g/mol. The van der Waals surface area contributed by atoms with E-state index >= 15 is 0 Å². The fourth-order valence-corrected chi connectivity index (χ4v) is 2.58. The summed E-state index contributed by atoms with van der Waals surface area (Å²) in [5, 5.41) is 10.3. The van der Waals surface area contributed by atoms with E-state index in [0.29, 0.717) is 5.76 Å². The molecule has 98 valence electrons. The van der Waals surface area contributed by atoms with Crippen molar-refractivity contribution >= 4 is 11.0 Å². The molecular formula is C18H15NO. The molecule has 2 heteroatoms. The Morgan fingerprint density at radius 1 is 1.00 bits per heavy atom. The number of nitrogens with zero attached hydrogens (tertiary/aromatic N) is 1. The van der Waals surface area contributed by atoms with Crippen LogP contribution in [-0.2, 0) is 0 Å². The summed E-state index contributed by atoms with van der Waals surface area (Å²) in [5.41, 5.74) is 4.10. The van der Waals surface area contributed by atoms with Crippen LogP contribution in [0, 0.1) is 11.3 Å². The number of furan rings is 1. The Balaban J connectivity index is 2.25. The Kier molecular flexibility index (Phi) is 3.04. The first-order valence-electron chi connectivity index (χ1n) is 6.72. The summed E-state index contributed by atoms with van der Waals surface area (Å²) in [4.78, 5) is 0. The highest BCUT2D eigenvalue weighted by Gasteiger charge is 2.17. The first-order chi connectivity index (χ1) is 9.70. The van der Waals surface area contributed by atoms with Gasteiger partial charge in [0, 0.05) is 10.9 Å². The molecule has 2 nitrogen and oxygen atoms in total. The van der Waals surface area contributed by atoms with Crippen LogP contribution in [-0.4, -0.2) is 0 Å². The van der Waals surface area contributed by atoms with Gasteiger partial charge in [-0.1, -0.05) is 50.2 Å². The van der Waals surface area contributed by atoms with E-state index in [1.165, 1.54) is 5.56 Å². The summed E-state index contributed by atoms with van der Waals surface area (Å²) >= 11 is 0. The number of hydrogen-bond donors (Lipinski definition) is 0. The molecule has 0 N–H and O–H groups in total. The molecule has 0 aliphatic carbocycles. The minimum absolute atomic E-state index is 0.261. The predicted octanol–water partition coefficient (Wildman–Crippen LogP) is 5.09. The van der Waals surface area contributed by atoms with E-state index in [1.54, 1.807) is 0 Å². The molecule has 0 aliphatic rings. The van der Waals surface area contributed by atoms with Gasteiger partial charge >= 0.3 is 0 Å². The van der Waals surface area contributed by atoms with Crippen molar-refractivity contribution in [2.75, 3.05) is 0 Å². The number of nitriles is 1. The lowest BCUT2D eigenvalue weighted by Crippen LogP contribution is -1.88. The largest absolute Gasteiger partial charge is 0.445 e. The van der Waals surface area contributed by atoms with Crippen molar-refractivity contribution in [2.45, 2.75) is 19.8 Å². The molecule has 0 spiro atoms. The van der Waals surface area contributed by atoms with Crippen molar-refractivity contribution in [2.24, 2.45) is 0 Å². The third kappa shape index (κ3) is 1.98. The summed E-state index contributed by atoms with van der Waals surface area (Å²) in [7, 11) is 0. The van der Waals surface area contributed by atoms with Gasteiger partial charge in [-0.15, -0.1) is 0 Å². The fraction of sp³-hybridized carbons (Fsp3) is 0.167. The molecule has 1 heterocycles. The standard InChI is InChI=1S/C18H15NO/c1-12(2)18-15-10-14(13-6-4-3-5-7-13)8-9-16(15)20-17(18)11-19/h3-10,12H,1-2H3. The Hall–Kier alpha value is -2.53. The Labute approximate surface area is 118 Å². The maximum atomic E-state index is 9.21. The number of rotatable bonds is 2. The molecule has 0 amide bonds. The van der Waals surface area contributed by atoms with Crippen LogP contribution in [0.25, 0.3) is 22.1 Å². The van der Waals surface area contributed by atoms with Crippen molar-refractivity contribution in [1.29, 1.82) is 5.26 Å². The average molecular weight is 261 g/mol. The number of fused-ring (bicyclic) bond motifs is 1. The van der Waals surface area contributed by atoms with E-state index in [4.69, 9.17) is 4.42 Å². The van der Waals surface area contributed by atoms with Gasteiger partial charge in [-0.2, -0.15) is 5.26 Å². The van der Waals surface area contributed by atoms with Gasteiger partial charge in [0.15, 0.2) is 0 Å². The van der Waals surface area contributed by atoms with Crippen LogP contribution in [0.4, 0.5) is 0 Å². The van der Waals surface area contributed by atoms with Gasteiger partial charge in [0.1, 0.15) is 11.7 Å². The minimum atomic E-state index is 0.261. The van der Waals surface area contributed by atoms with Crippen LogP contribution in [0.3, 0.4) is 0 Å². The molecule has 0 saturated carbocycles. The van der Waals surface area contributed by atoms with Gasteiger partial charge < -0.3 is 4.42 Å². The van der Waals surface area contributed by atoms with Crippen molar-refractivity contribution in [3.63, 3.8) is 0 Å². The third-order valence-corrected chi connectivity index (χ3v) is 3.51. The molecule has 0 aliphatic heterocycles. The van der Waals surface area contributed by atoms with Gasteiger partial charge in [-0.3, -0.25) is 0 Å². The molecule has 20 heavy (non-hydrogen) atoms. The summed E-state index contributed by atoms with van der Waals surface area (Å²) < 4.78 is 5.64. The van der Waals surface area contributed by atoms with Gasteiger partial charge in [0.05, 0.1) is 0 Å². The van der Waals surface area contributed by atoms with Crippen LogP contribution < -0.4 is 0 Å². The van der Waals surface area contributed by atoms with Crippen LogP contribution in [0.2, 0.25) is 0 Å². The van der Waals surface area contributed by atoms with Gasteiger partial charge in [-0.25, -0.2) is 0 Å². The topological polar surface area (TPSA) is 36.9 Å². The maximum absolute atomic E-state index is 9.21. The highest BCUT2D eigenvalue weighted by atomic mass is 16.3. The lowest BCUT2D eigenvalue weighted by Gasteiger charge is -2.04. The van der Waals surface area contributed by atoms with E-state index in [0.717, 1.165) is 22.1 Å². The SMILES string of the molecule is CC(C)c1c(C#N)oc2ccc(-c3ccccc3)cc12. The Bertz CT molecular complexity index is 791. The second kappa shape index (κ2) is 4.86. The predicted molar refractivity (Wildman–Crippen MR) is 80.5 cm³/mol. The fourth-order valence-electron chi connectivity index (χ4n) is 2.58. The normalized spacial score (nSPS) is 10.9. The van der Waals surface area contributed by atoms with Crippen molar-refractivity contribution in [3.05, 3.63) is 59.9 Å². The zero-order valence-electron chi connectivity index (χ0n) is 11.6. The molecule has 0 radical (unpaired) electrons. The molecule has 3 rings (SSSR count). The molecule has 0 saturated heterocycles. The molecule has 0 atom stereocenters. The van der Waals surface area contributed by atoms with Crippen LogP contribution >= 0.6 is 0 Å². The van der Waals surface area contributed by atoms with Gasteiger partial charge in [0.2, 0.25) is 5.76 Å². The van der Waals surface area contributed by atoms with E-state index in [-0.39, 0.29) is 5.92 Å². The van der Waals surface area contributed by atoms with E-state index in [9.17, 15) is 5.26 Å². The number of hydrogen-bond acceptors (Lipinski definition) is 2. The lowest BCUT2D eigenvalue weighted by atomic mass is 9.97. The first-order valence-corrected chi connectivity index (χ1v) is 6.72. The van der Waals surface area contributed by atoms with Crippen molar-refractivity contribution in [3.8, 4) is 17.2 Å². The highest BCUT2D eigenvalue weighted by molar-refractivity contribution is 5.88. The van der Waals surface area contributed by atoms with E-state index in [1.807, 2.05) is 30.3 Å². The summed E-state index contributed by atoms with van der Waals surface area (Å²) in [6.45, 7) is 4.17.